The van der Waals surface area contributed by atoms with Crippen molar-refractivity contribution in [2.45, 2.75) is 352 Å². The molecule has 582 valence electrons. The van der Waals surface area contributed by atoms with Gasteiger partial charge in [0.05, 0.1) is 34.0 Å². The summed E-state index contributed by atoms with van der Waals surface area (Å²) in [5.41, 5.74) is 18.0. The Labute approximate surface area is 635 Å². The van der Waals surface area contributed by atoms with Gasteiger partial charge in [0.15, 0.2) is 0 Å². The number of aromatic nitrogens is 8. The van der Waals surface area contributed by atoms with Crippen molar-refractivity contribution in [2.75, 3.05) is 26.2 Å². The number of hydrogen-bond acceptors (Lipinski definition) is 10. The molecule has 1 atom stereocenters. The molecule has 0 radical (unpaired) electrons. The Balaban J connectivity index is 0.000000258. The molecular formula is C90H152N14. The number of rotatable bonds is 0. The molecule has 14 nitrogen and oxygen atoms in total. The molecular weight excluding hydrogens is 1280 g/mol. The lowest BCUT2D eigenvalue weighted by Crippen LogP contribution is -2.57. The van der Waals surface area contributed by atoms with Crippen LogP contribution in [0, 0.1) is 27.6 Å². The third kappa shape index (κ3) is 25.8. The maximum atomic E-state index is 4.49. The number of hydrogen-bond donors (Lipinski definition) is 3. The van der Waals surface area contributed by atoms with Gasteiger partial charge in [-0.1, -0.05) is 247 Å². The molecule has 0 amide bonds. The van der Waals surface area contributed by atoms with Crippen molar-refractivity contribution in [3.8, 4) is 0 Å². The number of nitrogens with zero attached hydrogens (tertiary/aromatic N) is 11. The molecule has 3 aliphatic rings. The zero-order chi connectivity index (χ0) is 80.3. The average Bonchev–Trinajstić information content (AvgIpc) is 1.61. The zero-order valence-corrected chi connectivity index (χ0v) is 74.5. The van der Waals surface area contributed by atoms with E-state index in [0.717, 1.165) is 28.8 Å². The van der Waals surface area contributed by atoms with Crippen molar-refractivity contribution in [3.05, 3.63) is 107 Å². The maximum absolute atomic E-state index is 4.49. The van der Waals surface area contributed by atoms with Crippen molar-refractivity contribution >= 4 is 56.1 Å². The second-order valence-electron chi connectivity index (χ2n) is 44.0. The number of piperazine rings is 1. The molecule has 14 heteroatoms. The van der Waals surface area contributed by atoms with Gasteiger partial charge in [-0.25, -0.2) is 0 Å². The van der Waals surface area contributed by atoms with Crippen LogP contribution in [0.2, 0.25) is 0 Å². The van der Waals surface area contributed by atoms with Crippen molar-refractivity contribution in [1.82, 2.24) is 49.9 Å². The summed E-state index contributed by atoms with van der Waals surface area (Å²) < 4.78 is 2.34. The van der Waals surface area contributed by atoms with E-state index in [1.54, 1.807) is 0 Å². The average molecular weight is 1430 g/mol. The van der Waals surface area contributed by atoms with Crippen LogP contribution < -0.4 is 0 Å². The van der Waals surface area contributed by atoms with E-state index in [0.29, 0.717) is 17.0 Å². The highest BCUT2D eigenvalue weighted by atomic mass is 15.3. The van der Waals surface area contributed by atoms with Gasteiger partial charge in [0.1, 0.15) is 5.52 Å². The predicted molar refractivity (Wildman–Crippen MR) is 456 cm³/mol. The summed E-state index contributed by atoms with van der Waals surface area (Å²) in [5.74, 6) is 0.396. The van der Waals surface area contributed by atoms with Crippen LogP contribution >= 0.6 is 0 Å². The molecule has 0 spiro atoms. The summed E-state index contributed by atoms with van der Waals surface area (Å²) in [6.45, 7) is 98.0. The standard InChI is InChI=1S/C16H23N.C15H22N2.C14H21N3.C12H26N2.3C11H20N2/c1-15(2,3)13-7-8-14-12(11-13)9-10-17(14)16(4,5)6;1-14(2,3)10-7-8-11-12(9-10)16-17-13(11)15(4,5)6;1-13(2,3)11-9-7-8-15-12(14(4,5)6)10(9)16-17-11;1-11(2,3)13-7-9-14(10-8-13)12(4,5)6;1-10(2,3)8-7-12-13-9(8)11(4,5)6;2*1-10(2,3)8-7-9(13-12-8)11(4,5)6/h7-11H,1-6H3;7-9H,1-6H3,(H,16,17);7-8H,1-6H3,(H,16,17);7-10H2,1-6H3;7-8H,1-6H3;7H2,1-6H3;7H,1-6H3,(H,12,13). The lowest BCUT2D eigenvalue weighted by Gasteiger charge is -2.46. The molecule has 8 heterocycles. The maximum Gasteiger partial charge on any atom is 0.114 e. The zero-order valence-electron chi connectivity index (χ0n) is 74.5. The largest absolute Gasteiger partial charge is 0.342 e. The molecule has 3 N–H and O–H groups in total. The van der Waals surface area contributed by atoms with Gasteiger partial charge in [-0.3, -0.25) is 30.1 Å². The first-order valence-electron chi connectivity index (χ1n) is 38.7. The van der Waals surface area contributed by atoms with Crippen LogP contribution in [0.25, 0.3) is 32.7 Å². The monoisotopic (exact) mass is 1430 g/mol. The quantitative estimate of drug-likeness (QED) is 0.137. The molecule has 104 heavy (non-hydrogen) atoms. The Bertz CT molecular complexity index is 3840. The number of fused-ring (bicyclic) bond motifs is 3. The Morgan fingerprint density at radius 1 is 0.385 bits per heavy atom. The summed E-state index contributed by atoms with van der Waals surface area (Å²) in [5, 5.41) is 43.3. The molecule has 0 bridgehead atoms. The first-order chi connectivity index (χ1) is 46.5. The lowest BCUT2D eigenvalue weighted by atomic mass is 9.71. The summed E-state index contributed by atoms with van der Waals surface area (Å²) in [7, 11) is 0. The predicted octanol–water partition coefficient (Wildman–Crippen LogP) is 24.0. The van der Waals surface area contributed by atoms with Crippen molar-refractivity contribution in [1.29, 1.82) is 0 Å². The van der Waals surface area contributed by atoms with E-state index in [2.05, 4.69) is 422 Å². The van der Waals surface area contributed by atoms with Gasteiger partial charge in [0.25, 0.3) is 0 Å². The Hall–Kier alpha value is -6.12. The first kappa shape index (κ1) is 90.3. The normalized spacial score (nSPS) is 16.5. The fourth-order valence-electron chi connectivity index (χ4n) is 12.2. The topological polar surface area (TPSA) is 160 Å². The number of benzene rings is 2. The van der Waals surface area contributed by atoms with E-state index >= 15 is 0 Å². The second-order valence-corrected chi connectivity index (χ2v) is 44.0. The molecule has 10 rings (SSSR count). The van der Waals surface area contributed by atoms with Gasteiger partial charge in [0.2, 0.25) is 0 Å². The second kappa shape index (κ2) is 32.4. The minimum absolute atomic E-state index is 0.0177. The van der Waals surface area contributed by atoms with Crippen LogP contribution in [-0.4, -0.2) is 111 Å². The molecule has 0 saturated carbocycles. The van der Waals surface area contributed by atoms with Gasteiger partial charge in [-0.2, -0.15) is 35.7 Å². The van der Waals surface area contributed by atoms with E-state index in [9.17, 15) is 0 Å². The molecule has 0 aliphatic carbocycles. The summed E-state index contributed by atoms with van der Waals surface area (Å²) >= 11 is 0. The number of nitrogens with one attached hydrogen (secondary N) is 3. The van der Waals surface area contributed by atoms with Crippen LogP contribution in [-0.2, 0) is 43.4 Å². The highest BCUT2D eigenvalue weighted by molar-refractivity contribution is 6.11. The van der Waals surface area contributed by atoms with Gasteiger partial charge in [-0.05, 0) is 131 Å². The molecule has 1 saturated heterocycles. The van der Waals surface area contributed by atoms with Crippen molar-refractivity contribution in [2.24, 2.45) is 48.0 Å². The van der Waals surface area contributed by atoms with E-state index in [1.165, 1.54) is 93.2 Å². The summed E-state index contributed by atoms with van der Waals surface area (Å²) in [6.07, 6.45) is 7.00. The van der Waals surface area contributed by atoms with Crippen molar-refractivity contribution in [3.63, 3.8) is 0 Å². The molecule has 2 aromatic carbocycles. The van der Waals surface area contributed by atoms with E-state index in [1.807, 2.05) is 12.4 Å². The molecule has 5 aromatic heterocycles. The Kier molecular flexibility index (Phi) is 28.1. The van der Waals surface area contributed by atoms with E-state index < -0.39 is 0 Å². The third-order valence-electron chi connectivity index (χ3n) is 19.5. The number of pyridine rings is 1. The molecule has 3 aliphatic heterocycles. The smallest absolute Gasteiger partial charge is 0.114 e. The van der Waals surface area contributed by atoms with Crippen LogP contribution in [0.15, 0.2) is 87.4 Å². The van der Waals surface area contributed by atoms with Gasteiger partial charge in [-0.15, -0.1) is 0 Å². The highest BCUT2D eigenvalue weighted by Crippen LogP contribution is 2.38. The molecule has 1 fully saturated rings. The molecule has 1 unspecified atom stereocenters. The Morgan fingerprint density at radius 3 is 1.21 bits per heavy atom. The van der Waals surface area contributed by atoms with E-state index in [-0.39, 0.29) is 65.1 Å². The van der Waals surface area contributed by atoms with Crippen LogP contribution in [0.4, 0.5) is 0 Å². The minimum Gasteiger partial charge on any atom is -0.342 e. The first-order valence-corrected chi connectivity index (χ1v) is 38.7. The third-order valence-corrected chi connectivity index (χ3v) is 19.5. The van der Waals surface area contributed by atoms with Gasteiger partial charge < -0.3 is 4.57 Å². The van der Waals surface area contributed by atoms with Crippen LogP contribution in [0.1, 0.15) is 337 Å². The lowest BCUT2D eigenvalue weighted by molar-refractivity contribution is 0.0211. The fourth-order valence-corrected chi connectivity index (χ4v) is 12.2. The van der Waals surface area contributed by atoms with Gasteiger partial charge in [0, 0.05) is 150 Å². The van der Waals surface area contributed by atoms with Crippen molar-refractivity contribution < 1.29 is 0 Å². The number of aromatic amines is 3. The summed E-state index contributed by atoms with van der Waals surface area (Å²) in [6, 6.07) is 19.9. The SMILES string of the molecule is CC(C)(C)C1=NN=C(C(C)(C)C)C1.CC(C)(C)C1=NN=CC1C(C)(C)C.CC(C)(C)N1CCN(C(C)(C)C)CC1.CC(C)(C)c1[nH]nc2c(C(C)(C)C)nccc12.CC(C)(C)c1cc(C(C)(C)C)[nH]n1.CC(C)(C)c1ccc2c(C(C)(C)C)[nH]nc2c1.CC(C)(C)c1ccc2c(ccn2C(C)(C)C)c1. The van der Waals surface area contributed by atoms with Crippen LogP contribution in [0.3, 0.4) is 0 Å². The minimum atomic E-state index is 0.0177. The highest BCUT2D eigenvalue weighted by Gasteiger charge is 2.37. The van der Waals surface area contributed by atoms with Crippen LogP contribution in [0.5, 0.6) is 0 Å². The van der Waals surface area contributed by atoms with E-state index in [4.69, 9.17) is 0 Å². The van der Waals surface area contributed by atoms with Gasteiger partial charge >= 0.3 is 0 Å². The Morgan fingerprint density at radius 2 is 0.846 bits per heavy atom. The fraction of sp³-hybridized carbons (Fsp3) is 0.689. The molecule has 7 aromatic rings. The summed E-state index contributed by atoms with van der Waals surface area (Å²) in [4.78, 5) is 9.65. The number of H-pyrrole nitrogens is 3.